The number of rotatable bonds is 4. The molecular formula is C22H23N3O3. The second-order valence-electron chi connectivity index (χ2n) is 7.59. The number of benzene rings is 1. The number of amides is 1. The highest BCUT2D eigenvalue weighted by molar-refractivity contribution is 5.99. The van der Waals surface area contributed by atoms with Crippen molar-refractivity contribution in [2.24, 2.45) is 0 Å². The van der Waals surface area contributed by atoms with Gasteiger partial charge in [-0.3, -0.25) is 14.6 Å². The van der Waals surface area contributed by atoms with Crippen LogP contribution in [0.4, 0.5) is 0 Å². The molecule has 3 aromatic rings. The Morgan fingerprint density at radius 1 is 1.11 bits per heavy atom. The van der Waals surface area contributed by atoms with Crippen molar-refractivity contribution in [2.45, 2.75) is 19.9 Å². The molecule has 0 N–H and O–H groups in total. The van der Waals surface area contributed by atoms with E-state index in [4.69, 9.17) is 4.42 Å². The van der Waals surface area contributed by atoms with Crippen molar-refractivity contribution in [2.75, 3.05) is 27.2 Å². The van der Waals surface area contributed by atoms with Gasteiger partial charge in [0.1, 0.15) is 5.58 Å². The Balaban J connectivity index is 1.96. The van der Waals surface area contributed by atoms with Crippen molar-refractivity contribution in [3.05, 3.63) is 74.9 Å². The van der Waals surface area contributed by atoms with Gasteiger partial charge in [-0.05, 0) is 68.9 Å². The fourth-order valence-corrected chi connectivity index (χ4v) is 3.71. The lowest BCUT2D eigenvalue weighted by atomic mass is 9.98. The molecule has 1 aliphatic heterocycles. The standard InChI is InChI=1S/C22H23N3O3/c1-13-11-16-17(12-14(13)2)28-21-18(20(16)26)19(15-5-7-23-8-6-15)25(22(21)27)10-9-24(3)4/h5-8,11-12,19H,9-10H2,1-4H3. The van der Waals surface area contributed by atoms with Gasteiger partial charge >= 0.3 is 0 Å². The summed E-state index contributed by atoms with van der Waals surface area (Å²) in [5, 5.41) is 0.517. The summed E-state index contributed by atoms with van der Waals surface area (Å²) in [6, 6.07) is 6.92. The number of carbonyl (C=O) groups is 1. The van der Waals surface area contributed by atoms with Gasteiger partial charge in [0, 0.05) is 25.5 Å². The minimum absolute atomic E-state index is 0.137. The summed E-state index contributed by atoms with van der Waals surface area (Å²) in [7, 11) is 3.91. The SMILES string of the molecule is Cc1cc2oc3c(c(=O)c2cc1C)C(c1ccncc1)N(CCN(C)C)C3=O. The lowest BCUT2D eigenvalue weighted by Gasteiger charge is -2.26. The van der Waals surface area contributed by atoms with E-state index in [0.29, 0.717) is 29.6 Å². The van der Waals surface area contributed by atoms with Crippen molar-refractivity contribution in [1.82, 2.24) is 14.8 Å². The summed E-state index contributed by atoms with van der Waals surface area (Å²) >= 11 is 0. The van der Waals surface area contributed by atoms with Crippen LogP contribution in [0.15, 0.2) is 45.9 Å². The highest BCUT2D eigenvalue weighted by Gasteiger charge is 2.42. The maximum absolute atomic E-state index is 13.4. The van der Waals surface area contributed by atoms with Crippen LogP contribution in [0.1, 0.15) is 38.9 Å². The van der Waals surface area contributed by atoms with E-state index in [0.717, 1.165) is 16.7 Å². The Hall–Kier alpha value is -2.99. The van der Waals surface area contributed by atoms with Gasteiger partial charge in [0.15, 0.2) is 5.43 Å². The van der Waals surface area contributed by atoms with Gasteiger partial charge in [0.05, 0.1) is 17.0 Å². The molecule has 0 fully saturated rings. The number of carbonyl (C=O) groups excluding carboxylic acids is 1. The number of likely N-dealkylation sites (N-methyl/N-ethyl adjacent to an activating group) is 1. The van der Waals surface area contributed by atoms with Crippen LogP contribution in [0.5, 0.6) is 0 Å². The monoisotopic (exact) mass is 377 g/mol. The van der Waals surface area contributed by atoms with E-state index >= 15 is 0 Å². The first-order valence-corrected chi connectivity index (χ1v) is 9.32. The molecule has 1 unspecified atom stereocenters. The molecule has 0 bridgehead atoms. The van der Waals surface area contributed by atoms with Crippen LogP contribution in [0, 0.1) is 13.8 Å². The molecule has 0 saturated carbocycles. The van der Waals surface area contributed by atoms with Crippen LogP contribution in [0.2, 0.25) is 0 Å². The second-order valence-corrected chi connectivity index (χ2v) is 7.59. The molecule has 2 aromatic heterocycles. The molecule has 4 rings (SSSR count). The quantitative estimate of drug-likeness (QED) is 0.699. The Morgan fingerprint density at radius 2 is 1.79 bits per heavy atom. The highest BCUT2D eigenvalue weighted by atomic mass is 16.3. The Kier molecular flexibility index (Phi) is 4.51. The predicted molar refractivity (Wildman–Crippen MR) is 108 cm³/mol. The van der Waals surface area contributed by atoms with Gasteiger partial charge in [-0.15, -0.1) is 0 Å². The molecule has 1 atom stereocenters. The normalized spacial score (nSPS) is 16.2. The second kappa shape index (κ2) is 6.87. The number of pyridine rings is 1. The summed E-state index contributed by atoms with van der Waals surface area (Å²) in [6.07, 6.45) is 3.36. The van der Waals surface area contributed by atoms with Crippen molar-refractivity contribution >= 4 is 16.9 Å². The largest absolute Gasteiger partial charge is 0.450 e. The molecule has 1 aromatic carbocycles. The van der Waals surface area contributed by atoms with Crippen LogP contribution in [0.3, 0.4) is 0 Å². The van der Waals surface area contributed by atoms with Crippen LogP contribution >= 0.6 is 0 Å². The van der Waals surface area contributed by atoms with Crippen LogP contribution < -0.4 is 5.43 Å². The Labute approximate surface area is 163 Å². The summed E-state index contributed by atoms with van der Waals surface area (Å²) in [5.74, 6) is -0.0859. The minimum Gasteiger partial charge on any atom is -0.450 e. The fourth-order valence-electron chi connectivity index (χ4n) is 3.71. The molecule has 1 amide bonds. The maximum atomic E-state index is 13.4. The van der Waals surface area contributed by atoms with Crippen molar-refractivity contribution in [1.29, 1.82) is 0 Å². The minimum atomic E-state index is -0.465. The van der Waals surface area contributed by atoms with Crippen LogP contribution in [0.25, 0.3) is 11.0 Å². The number of nitrogens with zero attached hydrogens (tertiary/aromatic N) is 3. The number of hydrogen-bond donors (Lipinski definition) is 0. The van der Waals surface area contributed by atoms with E-state index in [-0.39, 0.29) is 17.1 Å². The number of aryl methyl sites for hydroxylation is 2. The van der Waals surface area contributed by atoms with Gasteiger partial charge in [-0.1, -0.05) is 0 Å². The van der Waals surface area contributed by atoms with Crippen LogP contribution in [-0.2, 0) is 0 Å². The van der Waals surface area contributed by atoms with Crippen molar-refractivity contribution < 1.29 is 9.21 Å². The van der Waals surface area contributed by atoms with Crippen molar-refractivity contribution in [3.63, 3.8) is 0 Å². The molecule has 28 heavy (non-hydrogen) atoms. The Bertz CT molecular complexity index is 1120. The molecule has 3 heterocycles. The lowest BCUT2D eigenvalue weighted by Crippen LogP contribution is -2.35. The van der Waals surface area contributed by atoms with Crippen LogP contribution in [-0.4, -0.2) is 47.9 Å². The third-order valence-corrected chi connectivity index (χ3v) is 5.39. The molecule has 6 nitrogen and oxygen atoms in total. The summed E-state index contributed by atoms with van der Waals surface area (Å²) in [4.78, 5) is 34.4. The summed E-state index contributed by atoms with van der Waals surface area (Å²) in [6.45, 7) is 5.12. The molecule has 0 saturated heterocycles. The number of fused-ring (bicyclic) bond motifs is 2. The summed E-state index contributed by atoms with van der Waals surface area (Å²) < 4.78 is 6.00. The van der Waals surface area contributed by atoms with Gasteiger partial charge in [0.25, 0.3) is 5.91 Å². The topological polar surface area (TPSA) is 66.7 Å². The molecular weight excluding hydrogens is 354 g/mol. The molecule has 1 aliphatic rings. The van der Waals surface area contributed by atoms with E-state index in [1.807, 2.05) is 57.1 Å². The first kappa shape index (κ1) is 18.4. The highest BCUT2D eigenvalue weighted by Crippen LogP contribution is 2.38. The lowest BCUT2D eigenvalue weighted by molar-refractivity contribution is 0.0716. The fraction of sp³-hybridized carbons (Fsp3) is 0.318. The zero-order valence-electron chi connectivity index (χ0n) is 16.5. The van der Waals surface area contributed by atoms with E-state index < -0.39 is 6.04 Å². The zero-order valence-corrected chi connectivity index (χ0v) is 16.5. The first-order valence-electron chi connectivity index (χ1n) is 9.32. The average molecular weight is 377 g/mol. The van der Waals surface area contributed by atoms with Gasteiger partial charge in [-0.25, -0.2) is 0 Å². The van der Waals surface area contributed by atoms with Gasteiger partial charge in [-0.2, -0.15) is 0 Å². The predicted octanol–water partition coefficient (Wildman–Crippen LogP) is 2.91. The Morgan fingerprint density at radius 3 is 2.46 bits per heavy atom. The first-order chi connectivity index (χ1) is 13.4. The maximum Gasteiger partial charge on any atom is 0.290 e. The van der Waals surface area contributed by atoms with Gasteiger partial charge in [0.2, 0.25) is 5.76 Å². The third-order valence-electron chi connectivity index (χ3n) is 5.39. The molecule has 0 radical (unpaired) electrons. The average Bonchev–Trinajstić information content (AvgIpc) is 2.95. The van der Waals surface area contributed by atoms with Gasteiger partial charge < -0.3 is 14.2 Å². The van der Waals surface area contributed by atoms with Crippen molar-refractivity contribution in [3.8, 4) is 0 Å². The third kappa shape index (κ3) is 2.90. The van der Waals surface area contributed by atoms with E-state index in [2.05, 4.69) is 4.98 Å². The smallest absolute Gasteiger partial charge is 0.290 e. The molecule has 0 spiro atoms. The molecule has 6 heteroatoms. The number of aromatic nitrogens is 1. The molecule has 144 valence electrons. The summed E-state index contributed by atoms with van der Waals surface area (Å²) in [5.41, 5.74) is 3.65. The number of hydrogen-bond acceptors (Lipinski definition) is 5. The van der Waals surface area contributed by atoms with E-state index in [1.54, 1.807) is 17.3 Å². The molecule has 0 aliphatic carbocycles. The van der Waals surface area contributed by atoms with E-state index in [9.17, 15) is 9.59 Å². The van der Waals surface area contributed by atoms with E-state index in [1.165, 1.54) is 0 Å². The zero-order chi connectivity index (χ0) is 20.0.